The summed E-state index contributed by atoms with van der Waals surface area (Å²) in [6.45, 7) is 8.77. The van der Waals surface area contributed by atoms with Gasteiger partial charge in [0.15, 0.2) is 0 Å². The molecule has 3 aliphatic heterocycles. The molecule has 1 N–H and O–H groups in total. The molecule has 1 aromatic rings. The van der Waals surface area contributed by atoms with Crippen LogP contribution in [0.5, 0.6) is 0 Å². The zero-order valence-corrected chi connectivity index (χ0v) is 16.8. The minimum Gasteiger partial charge on any atom is -0.354 e. The fourth-order valence-corrected chi connectivity index (χ4v) is 4.61. The van der Waals surface area contributed by atoms with Crippen LogP contribution in [0, 0.1) is 5.92 Å². The van der Waals surface area contributed by atoms with E-state index < -0.39 is 0 Å². The van der Waals surface area contributed by atoms with E-state index in [2.05, 4.69) is 27.0 Å². The molecular weight excluding hydrogens is 354 g/mol. The van der Waals surface area contributed by atoms with E-state index in [1.807, 2.05) is 12.1 Å². The van der Waals surface area contributed by atoms with Crippen LogP contribution in [-0.2, 0) is 9.59 Å². The van der Waals surface area contributed by atoms with Crippen molar-refractivity contribution < 1.29 is 9.59 Å². The molecule has 0 unspecified atom stereocenters. The first-order valence-corrected chi connectivity index (χ1v) is 10.6. The molecule has 0 saturated carbocycles. The molecule has 28 heavy (non-hydrogen) atoms. The Morgan fingerprint density at radius 1 is 1.11 bits per heavy atom. The molecule has 3 saturated heterocycles. The van der Waals surface area contributed by atoms with E-state index in [-0.39, 0.29) is 11.8 Å². The number of rotatable bonds is 4. The lowest BCUT2D eigenvalue weighted by Gasteiger charge is -2.42. The molecule has 0 radical (unpaired) electrons. The molecule has 0 bridgehead atoms. The van der Waals surface area contributed by atoms with Gasteiger partial charge in [0.2, 0.25) is 11.8 Å². The number of pyridine rings is 1. The number of hydrogen-bond donors (Lipinski definition) is 1. The number of nitrogens with one attached hydrogen (secondary N) is 1. The molecule has 3 aliphatic rings. The van der Waals surface area contributed by atoms with Crippen molar-refractivity contribution in [3.63, 3.8) is 0 Å². The first-order valence-electron chi connectivity index (χ1n) is 10.6. The number of amides is 2. The second kappa shape index (κ2) is 8.57. The Hall–Kier alpha value is -1.99. The van der Waals surface area contributed by atoms with Crippen molar-refractivity contribution in [2.24, 2.45) is 5.92 Å². The maximum Gasteiger partial charge on any atom is 0.233 e. The first-order chi connectivity index (χ1) is 13.6. The number of nitrogens with zero attached hydrogens (tertiary/aromatic N) is 4. The van der Waals surface area contributed by atoms with Crippen molar-refractivity contribution in [1.82, 2.24) is 15.2 Å². The SMILES string of the molecule is C[C@H]1CN(c2ccc(N3C(=O)CCCC3=O)cn2)CCN1CC1CCNCC1. The highest BCUT2D eigenvalue weighted by atomic mass is 16.2. The summed E-state index contributed by atoms with van der Waals surface area (Å²) in [4.78, 5) is 35.0. The van der Waals surface area contributed by atoms with Crippen molar-refractivity contribution >= 4 is 23.3 Å². The third-order valence-electron chi connectivity index (χ3n) is 6.31. The normalized spacial score (nSPS) is 25.4. The number of aromatic nitrogens is 1. The summed E-state index contributed by atoms with van der Waals surface area (Å²) in [5.74, 6) is 1.50. The minimum absolute atomic E-state index is 0.119. The number of carbonyl (C=O) groups excluding carboxylic acids is 2. The average Bonchev–Trinajstić information content (AvgIpc) is 2.71. The second-order valence-electron chi connectivity index (χ2n) is 8.33. The van der Waals surface area contributed by atoms with Crippen molar-refractivity contribution in [2.75, 3.05) is 49.1 Å². The van der Waals surface area contributed by atoms with Crippen LogP contribution in [0.15, 0.2) is 18.3 Å². The summed E-state index contributed by atoms with van der Waals surface area (Å²) >= 11 is 0. The lowest BCUT2D eigenvalue weighted by Crippen LogP contribution is -2.53. The van der Waals surface area contributed by atoms with Gasteiger partial charge in [0.05, 0.1) is 11.9 Å². The average molecular weight is 386 g/mol. The number of anilines is 2. The molecule has 7 nitrogen and oxygen atoms in total. The Morgan fingerprint density at radius 2 is 1.86 bits per heavy atom. The van der Waals surface area contributed by atoms with Gasteiger partial charge in [-0.2, -0.15) is 0 Å². The number of carbonyl (C=O) groups is 2. The van der Waals surface area contributed by atoms with Gasteiger partial charge < -0.3 is 10.2 Å². The quantitative estimate of drug-likeness (QED) is 0.795. The van der Waals surface area contributed by atoms with Gasteiger partial charge in [-0.3, -0.25) is 14.5 Å². The Kier molecular flexibility index (Phi) is 5.92. The standard InChI is InChI=1S/C21H31N5O2/c1-16-14-25(12-11-24(16)15-17-7-9-22-10-8-17)19-6-5-18(13-23-19)26-20(27)3-2-4-21(26)28/h5-6,13,16-17,22H,2-4,7-12,14-15H2,1H3/t16-/m0/s1. The van der Waals surface area contributed by atoms with Crippen molar-refractivity contribution in [1.29, 1.82) is 0 Å². The van der Waals surface area contributed by atoms with E-state index in [9.17, 15) is 9.59 Å². The van der Waals surface area contributed by atoms with Crippen LogP contribution in [-0.4, -0.2) is 67.0 Å². The molecule has 0 aromatic carbocycles. The molecule has 4 heterocycles. The van der Waals surface area contributed by atoms with Gasteiger partial charge in [0, 0.05) is 45.1 Å². The summed E-state index contributed by atoms with van der Waals surface area (Å²) in [6.07, 6.45) is 5.75. The molecule has 7 heteroatoms. The minimum atomic E-state index is -0.119. The van der Waals surface area contributed by atoms with Crippen molar-refractivity contribution in [3.05, 3.63) is 18.3 Å². The van der Waals surface area contributed by atoms with Gasteiger partial charge in [-0.05, 0) is 57.3 Å². The van der Waals surface area contributed by atoms with Gasteiger partial charge in [-0.25, -0.2) is 9.88 Å². The molecule has 4 rings (SSSR count). The number of imide groups is 1. The predicted molar refractivity (Wildman–Crippen MR) is 109 cm³/mol. The van der Waals surface area contributed by atoms with E-state index in [1.54, 1.807) is 6.20 Å². The van der Waals surface area contributed by atoms with Crippen molar-refractivity contribution in [2.45, 2.75) is 45.1 Å². The molecule has 2 amide bonds. The van der Waals surface area contributed by atoms with Crippen LogP contribution in [0.3, 0.4) is 0 Å². The smallest absolute Gasteiger partial charge is 0.233 e. The largest absolute Gasteiger partial charge is 0.354 e. The lowest BCUT2D eigenvalue weighted by molar-refractivity contribution is -0.129. The molecule has 1 aromatic heterocycles. The van der Waals surface area contributed by atoms with Crippen LogP contribution < -0.4 is 15.1 Å². The zero-order valence-electron chi connectivity index (χ0n) is 16.8. The summed E-state index contributed by atoms with van der Waals surface area (Å²) in [5, 5.41) is 3.44. The summed E-state index contributed by atoms with van der Waals surface area (Å²) in [6, 6.07) is 4.30. The Morgan fingerprint density at radius 3 is 2.50 bits per heavy atom. The van der Waals surface area contributed by atoms with E-state index in [0.29, 0.717) is 31.0 Å². The molecule has 0 spiro atoms. The fourth-order valence-electron chi connectivity index (χ4n) is 4.61. The molecular formula is C21H31N5O2. The van der Waals surface area contributed by atoms with Gasteiger partial charge in [-0.15, -0.1) is 0 Å². The second-order valence-corrected chi connectivity index (χ2v) is 8.33. The Balaban J connectivity index is 1.36. The summed E-state index contributed by atoms with van der Waals surface area (Å²) in [7, 11) is 0. The number of piperidine rings is 2. The van der Waals surface area contributed by atoms with Gasteiger partial charge >= 0.3 is 0 Å². The van der Waals surface area contributed by atoms with Gasteiger partial charge in [0.1, 0.15) is 5.82 Å². The highest BCUT2D eigenvalue weighted by Crippen LogP contribution is 2.25. The van der Waals surface area contributed by atoms with Crippen LogP contribution in [0.1, 0.15) is 39.0 Å². The highest BCUT2D eigenvalue weighted by molar-refractivity contribution is 6.16. The molecule has 1 atom stereocenters. The fraction of sp³-hybridized carbons (Fsp3) is 0.667. The summed E-state index contributed by atoms with van der Waals surface area (Å²) < 4.78 is 0. The molecule has 3 fully saturated rings. The zero-order chi connectivity index (χ0) is 19.5. The maximum atomic E-state index is 12.1. The monoisotopic (exact) mass is 385 g/mol. The van der Waals surface area contributed by atoms with E-state index in [1.165, 1.54) is 24.3 Å². The van der Waals surface area contributed by atoms with Crippen molar-refractivity contribution in [3.8, 4) is 0 Å². The molecule has 0 aliphatic carbocycles. The van der Waals surface area contributed by atoms with E-state index in [0.717, 1.165) is 44.5 Å². The van der Waals surface area contributed by atoms with Gasteiger partial charge in [-0.1, -0.05) is 0 Å². The van der Waals surface area contributed by atoms with E-state index >= 15 is 0 Å². The van der Waals surface area contributed by atoms with Gasteiger partial charge in [0.25, 0.3) is 0 Å². The Labute approximate surface area is 167 Å². The Bertz CT molecular complexity index is 685. The van der Waals surface area contributed by atoms with Crippen LogP contribution in [0.2, 0.25) is 0 Å². The summed E-state index contributed by atoms with van der Waals surface area (Å²) in [5.41, 5.74) is 0.594. The van der Waals surface area contributed by atoms with Crippen LogP contribution in [0.25, 0.3) is 0 Å². The van der Waals surface area contributed by atoms with Crippen LogP contribution >= 0.6 is 0 Å². The molecule has 152 valence electrons. The third kappa shape index (κ3) is 4.20. The predicted octanol–water partition coefficient (Wildman–Crippen LogP) is 1.64. The maximum absolute atomic E-state index is 12.1. The number of hydrogen-bond acceptors (Lipinski definition) is 6. The topological polar surface area (TPSA) is 68.8 Å². The van der Waals surface area contributed by atoms with E-state index in [4.69, 9.17) is 0 Å². The highest BCUT2D eigenvalue weighted by Gasteiger charge is 2.29. The van der Waals surface area contributed by atoms with Crippen LogP contribution in [0.4, 0.5) is 11.5 Å². The number of piperazine rings is 1. The lowest BCUT2D eigenvalue weighted by atomic mass is 9.96. The first kappa shape index (κ1) is 19.3. The third-order valence-corrected chi connectivity index (χ3v) is 6.31.